The molecule has 0 bridgehead atoms. The number of hydrogen-bond donors (Lipinski definition) is 4. The molecule has 0 aliphatic rings. The highest BCUT2D eigenvalue weighted by atomic mass is 35.5. The van der Waals surface area contributed by atoms with E-state index < -0.39 is 5.91 Å². The Morgan fingerprint density at radius 1 is 1.27 bits per heavy atom. The normalized spacial score (nSPS) is 10.9. The third kappa shape index (κ3) is 5.31. The van der Waals surface area contributed by atoms with Gasteiger partial charge < -0.3 is 17.2 Å². The molecule has 0 spiro atoms. The van der Waals surface area contributed by atoms with Gasteiger partial charge in [-0.3, -0.25) is 15.1 Å². The molecule has 7 N–H and O–H groups in total. The number of halogens is 1. The fourth-order valence-corrected chi connectivity index (χ4v) is 1.49. The zero-order valence-electron chi connectivity index (χ0n) is 11.5. The smallest absolute Gasteiger partial charge is 0.280 e. The number of nitrogens with zero attached hydrogens (tertiary/aromatic N) is 6. The van der Waals surface area contributed by atoms with Gasteiger partial charge in [-0.05, 0) is 18.4 Å². The van der Waals surface area contributed by atoms with Crippen LogP contribution in [-0.4, -0.2) is 34.9 Å². The maximum absolute atomic E-state index is 11.9. The molecule has 0 aliphatic heterocycles. The van der Waals surface area contributed by atoms with Crippen molar-refractivity contribution in [3.8, 4) is 0 Å². The number of guanidine groups is 1. The van der Waals surface area contributed by atoms with Crippen molar-refractivity contribution in [3.05, 3.63) is 21.3 Å². The first-order chi connectivity index (χ1) is 10.5. The SMILES string of the molecule is [N-]=[N+]=NCCCCN=C(N)NC(=O)c1nc(Cl)c(N)nc1N. The predicted molar refractivity (Wildman–Crippen MR) is 83.1 cm³/mol. The summed E-state index contributed by atoms with van der Waals surface area (Å²) >= 11 is 5.68. The Labute approximate surface area is 130 Å². The summed E-state index contributed by atoms with van der Waals surface area (Å²) in [6, 6.07) is 0. The van der Waals surface area contributed by atoms with Gasteiger partial charge in [-0.2, -0.15) is 0 Å². The second-order valence-corrected chi connectivity index (χ2v) is 4.37. The Balaban J connectivity index is 2.57. The number of rotatable bonds is 6. The van der Waals surface area contributed by atoms with Crippen molar-refractivity contribution in [3.63, 3.8) is 0 Å². The number of aromatic nitrogens is 2. The second kappa shape index (κ2) is 8.49. The van der Waals surface area contributed by atoms with Crippen molar-refractivity contribution in [2.45, 2.75) is 12.8 Å². The Bertz CT molecular complexity index is 624. The number of hydrogen-bond acceptors (Lipinski definition) is 7. The first kappa shape index (κ1) is 17.3. The zero-order chi connectivity index (χ0) is 16.5. The van der Waals surface area contributed by atoms with E-state index in [4.69, 9.17) is 34.3 Å². The molecule has 1 rings (SSSR count). The fourth-order valence-electron chi connectivity index (χ4n) is 1.36. The minimum Gasteiger partial charge on any atom is -0.382 e. The van der Waals surface area contributed by atoms with Crippen molar-refractivity contribution in [1.29, 1.82) is 0 Å². The molecule has 22 heavy (non-hydrogen) atoms. The highest BCUT2D eigenvalue weighted by molar-refractivity contribution is 6.31. The summed E-state index contributed by atoms with van der Waals surface area (Å²) in [4.78, 5) is 25.9. The lowest BCUT2D eigenvalue weighted by Crippen LogP contribution is -2.38. The van der Waals surface area contributed by atoms with Crippen LogP contribution in [0.1, 0.15) is 23.3 Å². The van der Waals surface area contributed by atoms with Gasteiger partial charge in [0.2, 0.25) is 0 Å². The zero-order valence-corrected chi connectivity index (χ0v) is 12.3. The third-order valence-corrected chi connectivity index (χ3v) is 2.65. The van der Waals surface area contributed by atoms with Crippen LogP contribution in [0.25, 0.3) is 10.4 Å². The Morgan fingerprint density at radius 2 is 1.95 bits per heavy atom. The minimum atomic E-state index is -0.692. The molecule has 0 fully saturated rings. The van der Waals surface area contributed by atoms with E-state index in [9.17, 15) is 4.79 Å². The third-order valence-electron chi connectivity index (χ3n) is 2.37. The second-order valence-electron chi connectivity index (χ2n) is 4.02. The van der Waals surface area contributed by atoms with Gasteiger partial charge in [0.05, 0.1) is 0 Å². The number of aliphatic imine (C=N–C) groups is 1. The molecule has 1 aromatic rings. The van der Waals surface area contributed by atoms with Gasteiger partial charge in [0.15, 0.2) is 28.4 Å². The molecular formula is C10H15ClN10O. The van der Waals surface area contributed by atoms with Crippen LogP contribution in [-0.2, 0) is 0 Å². The number of nitrogens with two attached hydrogens (primary N) is 3. The van der Waals surface area contributed by atoms with E-state index in [1.54, 1.807) is 0 Å². The summed E-state index contributed by atoms with van der Waals surface area (Å²) in [6.07, 6.45) is 1.33. The molecule has 11 nitrogen and oxygen atoms in total. The van der Waals surface area contributed by atoms with E-state index in [1.165, 1.54) is 0 Å². The summed E-state index contributed by atoms with van der Waals surface area (Å²) in [5, 5.41) is 5.56. The molecule has 0 atom stereocenters. The first-order valence-corrected chi connectivity index (χ1v) is 6.54. The van der Waals surface area contributed by atoms with Gasteiger partial charge in [-0.1, -0.05) is 16.7 Å². The first-order valence-electron chi connectivity index (χ1n) is 6.16. The standard InChI is InChI=1S/C10H15ClN10O/c11-6-8(13)19-7(12)5(18-6)9(22)20-10(14)16-3-1-2-4-17-21-15/h1-4H2,(H4,12,13,19)(H3,14,16,20,22). The van der Waals surface area contributed by atoms with Crippen LogP contribution in [0.5, 0.6) is 0 Å². The molecule has 0 unspecified atom stereocenters. The highest BCUT2D eigenvalue weighted by Crippen LogP contribution is 2.16. The van der Waals surface area contributed by atoms with Gasteiger partial charge in [0, 0.05) is 18.0 Å². The summed E-state index contributed by atoms with van der Waals surface area (Å²) in [6.45, 7) is 0.755. The highest BCUT2D eigenvalue weighted by Gasteiger charge is 2.16. The van der Waals surface area contributed by atoms with Crippen molar-refractivity contribution >= 4 is 35.1 Å². The van der Waals surface area contributed by atoms with Crippen molar-refractivity contribution in [1.82, 2.24) is 15.3 Å². The molecule has 12 heteroatoms. The molecule has 0 radical (unpaired) electrons. The lowest BCUT2D eigenvalue weighted by Gasteiger charge is -2.07. The monoisotopic (exact) mass is 326 g/mol. The van der Waals surface area contributed by atoms with E-state index in [-0.39, 0.29) is 28.4 Å². The quantitative estimate of drug-likeness (QED) is 0.146. The predicted octanol–water partition coefficient (Wildman–Crippen LogP) is 0.429. The van der Waals surface area contributed by atoms with Crippen molar-refractivity contribution < 1.29 is 4.79 Å². The summed E-state index contributed by atoms with van der Waals surface area (Å²) in [7, 11) is 0. The molecular weight excluding hydrogens is 312 g/mol. The number of azide groups is 1. The molecule has 1 amide bonds. The van der Waals surface area contributed by atoms with Gasteiger partial charge in [-0.25, -0.2) is 9.97 Å². The number of amides is 1. The fraction of sp³-hybridized carbons (Fsp3) is 0.400. The Kier molecular flexibility index (Phi) is 6.67. The van der Waals surface area contributed by atoms with E-state index in [1.807, 2.05) is 0 Å². The molecule has 0 saturated heterocycles. The molecule has 0 aromatic carbocycles. The minimum absolute atomic E-state index is 0.0719. The van der Waals surface area contributed by atoms with Crippen molar-refractivity contribution in [2.24, 2.45) is 15.8 Å². The van der Waals surface area contributed by atoms with Crippen LogP contribution in [0, 0.1) is 0 Å². The average Bonchev–Trinajstić information content (AvgIpc) is 2.46. The van der Waals surface area contributed by atoms with E-state index in [0.29, 0.717) is 25.9 Å². The molecule has 1 heterocycles. The van der Waals surface area contributed by atoms with E-state index in [2.05, 4.69) is 30.3 Å². The number of nitrogens with one attached hydrogen (secondary N) is 1. The number of nitrogen functional groups attached to an aromatic ring is 2. The largest absolute Gasteiger partial charge is 0.382 e. The topological polar surface area (TPSA) is 194 Å². The van der Waals surface area contributed by atoms with Crippen LogP contribution >= 0.6 is 11.6 Å². The van der Waals surface area contributed by atoms with Crippen LogP contribution in [0.15, 0.2) is 10.1 Å². The van der Waals surface area contributed by atoms with Gasteiger partial charge >= 0.3 is 0 Å². The Hall–Kier alpha value is -2.78. The molecule has 118 valence electrons. The number of carbonyl (C=O) groups excluding carboxylic acids is 1. The number of carbonyl (C=O) groups is 1. The van der Waals surface area contributed by atoms with Gasteiger partial charge in [-0.15, -0.1) is 0 Å². The van der Waals surface area contributed by atoms with Crippen LogP contribution < -0.4 is 22.5 Å². The summed E-state index contributed by atoms with van der Waals surface area (Å²) in [5.41, 5.74) is 24.4. The van der Waals surface area contributed by atoms with Crippen LogP contribution in [0.3, 0.4) is 0 Å². The average molecular weight is 327 g/mol. The lowest BCUT2D eigenvalue weighted by atomic mass is 10.3. The molecule has 0 saturated carbocycles. The van der Waals surface area contributed by atoms with Gasteiger partial charge in [0.25, 0.3) is 5.91 Å². The maximum atomic E-state index is 11.9. The molecule has 1 aromatic heterocycles. The molecule has 0 aliphatic carbocycles. The lowest BCUT2D eigenvalue weighted by molar-refractivity contribution is 0.0972. The summed E-state index contributed by atoms with van der Waals surface area (Å²) < 4.78 is 0. The number of unbranched alkanes of at least 4 members (excludes halogenated alkanes) is 1. The van der Waals surface area contributed by atoms with E-state index >= 15 is 0 Å². The summed E-state index contributed by atoms with van der Waals surface area (Å²) in [5.74, 6) is -1.02. The van der Waals surface area contributed by atoms with E-state index in [0.717, 1.165) is 0 Å². The van der Waals surface area contributed by atoms with Crippen LogP contribution in [0.2, 0.25) is 5.15 Å². The van der Waals surface area contributed by atoms with Gasteiger partial charge in [0.1, 0.15) is 0 Å². The van der Waals surface area contributed by atoms with Crippen LogP contribution in [0.4, 0.5) is 11.6 Å². The maximum Gasteiger partial charge on any atom is 0.280 e. The Morgan fingerprint density at radius 3 is 2.64 bits per heavy atom. The number of anilines is 2. The van der Waals surface area contributed by atoms with Crippen molar-refractivity contribution in [2.75, 3.05) is 24.6 Å².